The zero-order valence-corrected chi connectivity index (χ0v) is 12.8. The fraction of sp³-hybridized carbons (Fsp3) is 0.867. The first-order valence-corrected chi connectivity index (χ1v) is 7.19. The molecule has 0 amide bonds. The van der Waals surface area contributed by atoms with E-state index in [1.807, 2.05) is 27.7 Å². The first-order chi connectivity index (χ1) is 9.81. The first-order valence-electron chi connectivity index (χ1n) is 7.19. The molecule has 0 N–H and O–H groups in total. The zero-order valence-electron chi connectivity index (χ0n) is 12.8. The quantitative estimate of drug-likeness (QED) is 0.726. The molecule has 0 unspecified atom stereocenters. The summed E-state index contributed by atoms with van der Waals surface area (Å²) in [6, 6.07) is 0. The maximum atomic E-state index is 5.96. The van der Waals surface area contributed by atoms with Gasteiger partial charge >= 0.3 is 0 Å². The Hall–Kier alpha value is -0.680. The van der Waals surface area contributed by atoms with E-state index in [1.165, 1.54) is 0 Å². The summed E-state index contributed by atoms with van der Waals surface area (Å²) in [5.41, 5.74) is 0. The van der Waals surface area contributed by atoms with Gasteiger partial charge in [-0.1, -0.05) is 5.92 Å². The molecule has 0 bridgehead atoms. The molecule has 0 aromatic carbocycles. The molecule has 21 heavy (non-hydrogen) atoms. The van der Waals surface area contributed by atoms with Crippen molar-refractivity contribution in [1.82, 2.24) is 0 Å². The lowest BCUT2D eigenvalue weighted by Gasteiger charge is -2.28. The summed E-state index contributed by atoms with van der Waals surface area (Å²) in [6.07, 6.45) is 3.61. The number of terminal acetylenes is 1. The second kappa shape index (κ2) is 5.20. The second-order valence-corrected chi connectivity index (χ2v) is 6.42. The SMILES string of the molecule is C#CCO[C@@H]1[C@@H]2OC(C)(C)O[C@@H]2O[C@@H]1[C@H]1COC(C)(C)O1. The van der Waals surface area contributed by atoms with Gasteiger partial charge in [0.25, 0.3) is 0 Å². The molecule has 3 saturated heterocycles. The van der Waals surface area contributed by atoms with E-state index >= 15 is 0 Å². The standard InChI is InChI=1S/C15H22O6/c1-6-7-16-11-10(9-8-17-14(2,3)19-9)18-13-12(11)20-15(4,5)21-13/h1,9-13H,7-8H2,2-5H3/t9-,10-,11+,12+,13+/m1/s1. The predicted molar refractivity (Wildman–Crippen MR) is 72.2 cm³/mol. The molecule has 0 aromatic rings. The molecule has 3 rings (SSSR count). The van der Waals surface area contributed by atoms with E-state index in [0.29, 0.717) is 6.61 Å². The minimum absolute atomic E-state index is 0.189. The second-order valence-electron chi connectivity index (χ2n) is 6.42. The van der Waals surface area contributed by atoms with Crippen LogP contribution in [0.15, 0.2) is 0 Å². The minimum atomic E-state index is -0.690. The molecule has 3 fully saturated rings. The Balaban J connectivity index is 1.74. The Morgan fingerprint density at radius 1 is 1.10 bits per heavy atom. The molecule has 0 spiro atoms. The highest BCUT2D eigenvalue weighted by Gasteiger charge is 2.58. The average Bonchev–Trinajstić information content (AvgIpc) is 2.96. The molecule has 0 saturated carbocycles. The molecule has 0 aliphatic carbocycles. The zero-order chi connectivity index (χ0) is 15.3. The topological polar surface area (TPSA) is 55.4 Å². The van der Waals surface area contributed by atoms with Gasteiger partial charge in [0.1, 0.15) is 31.0 Å². The summed E-state index contributed by atoms with van der Waals surface area (Å²) in [7, 11) is 0. The maximum absolute atomic E-state index is 5.96. The van der Waals surface area contributed by atoms with Crippen LogP contribution in [0.1, 0.15) is 27.7 Å². The molecule has 3 heterocycles. The molecule has 6 heteroatoms. The van der Waals surface area contributed by atoms with Crippen molar-refractivity contribution >= 4 is 0 Å². The third-order valence-electron chi connectivity index (χ3n) is 3.78. The monoisotopic (exact) mass is 298 g/mol. The van der Waals surface area contributed by atoms with Crippen LogP contribution in [0.3, 0.4) is 0 Å². The Kier molecular flexibility index (Phi) is 3.77. The van der Waals surface area contributed by atoms with Crippen molar-refractivity contribution in [1.29, 1.82) is 0 Å². The van der Waals surface area contributed by atoms with Crippen molar-refractivity contribution < 1.29 is 28.4 Å². The van der Waals surface area contributed by atoms with Crippen molar-refractivity contribution in [2.45, 2.75) is 70.0 Å². The van der Waals surface area contributed by atoms with Gasteiger partial charge in [-0.3, -0.25) is 0 Å². The van der Waals surface area contributed by atoms with Crippen LogP contribution in [0.4, 0.5) is 0 Å². The van der Waals surface area contributed by atoms with Crippen molar-refractivity contribution in [3.05, 3.63) is 0 Å². The highest BCUT2D eigenvalue weighted by Crippen LogP contribution is 2.41. The van der Waals surface area contributed by atoms with Gasteiger partial charge in [0, 0.05) is 0 Å². The van der Waals surface area contributed by atoms with Crippen LogP contribution in [0.5, 0.6) is 0 Å². The number of ether oxygens (including phenoxy) is 6. The summed E-state index contributed by atoms with van der Waals surface area (Å²) in [6.45, 7) is 8.07. The highest BCUT2D eigenvalue weighted by molar-refractivity contribution is 4.99. The lowest BCUT2D eigenvalue weighted by atomic mass is 10.1. The van der Waals surface area contributed by atoms with E-state index in [2.05, 4.69) is 5.92 Å². The number of hydrogen-bond donors (Lipinski definition) is 0. The maximum Gasteiger partial charge on any atom is 0.190 e. The number of hydrogen-bond acceptors (Lipinski definition) is 6. The molecule has 118 valence electrons. The Labute approximate surface area is 125 Å². The summed E-state index contributed by atoms with van der Waals surface area (Å²) < 4.78 is 34.8. The summed E-state index contributed by atoms with van der Waals surface area (Å²) >= 11 is 0. The Bertz CT molecular complexity index is 440. The van der Waals surface area contributed by atoms with Crippen LogP contribution in [-0.4, -0.2) is 55.5 Å². The Morgan fingerprint density at radius 2 is 1.86 bits per heavy atom. The lowest BCUT2D eigenvalue weighted by Crippen LogP contribution is -2.44. The van der Waals surface area contributed by atoms with Gasteiger partial charge in [-0.25, -0.2) is 0 Å². The fourth-order valence-electron chi connectivity index (χ4n) is 3.01. The van der Waals surface area contributed by atoms with Gasteiger partial charge in [-0.15, -0.1) is 6.42 Å². The normalized spacial score (nSPS) is 43.7. The van der Waals surface area contributed by atoms with Gasteiger partial charge in [0.2, 0.25) is 0 Å². The van der Waals surface area contributed by atoms with Crippen molar-refractivity contribution in [3.8, 4) is 12.3 Å². The summed E-state index contributed by atoms with van der Waals surface area (Å²) in [5, 5.41) is 0. The van der Waals surface area contributed by atoms with Gasteiger partial charge in [-0.2, -0.15) is 0 Å². The van der Waals surface area contributed by atoms with Crippen LogP contribution >= 0.6 is 0 Å². The molecule has 3 aliphatic heterocycles. The van der Waals surface area contributed by atoms with Gasteiger partial charge < -0.3 is 28.4 Å². The largest absolute Gasteiger partial charge is 0.360 e. The molecule has 3 aliphatic rings. The van der Waals surface area contributed by atoms with Crippen molar-refractivity contribution in [2.75, 3.05) is 13.2 Å². The van der Waals surface area contributed by atoms with Gasteiger partial charge in [-0.05, 0) is 27.7 Å². The minimum Gasteiger partial charge on any atom is -0.360 e. The van der Waals surface area contributed by atoms with Crippen LogP contribution < -0.4 is 0 Å². The highest BCUT2D eigenvalue weighted by atomic mass is 16.8. The van der Waals surface area contributed by atoms with E-state index in [-0.39, 0.29) is 31.0 Å². The predicted octanol–water partition coefficient (Wildman–Crippen LogP) is 1.03. The lowest BCUT2D eigenvalue weighted by molar-refractivity contribution is -0.235. The number of fused-ring (bicyclic) bond motifs is 1. The molecule has 6 nitrogen and oxygen atoms in total. The van der Waals surface area contributed by atoms with E-state index < -0.39 is 17.9 Å². The van der Waals surface area contributed by atoms with Crippen molar-refractivity contribution in [3.63, 3.8) is 0 Å². The fourth-order valence-corrected chi connectivity index (χ4v) is 3.01. The summed E-state index contributed by atoms with van der Waals surface area (Å²) in [4.78, 5) is 0. The van der Waals surface area contributed by atoms with Crippen molar-refractivity contribution in [2.24, 2.45) is 0 Å². The molecule has 0 radical (unpaired) electrons. The summed E-state index contributed by atoms with van der Waals surface area (Å²) in [5.74, 6) is 1.16. The van der Waals surface area contributed by atoms with Crippen LogP contribution in [0, 0.1) is 12.3 Å². The van der Waals surface area contributed by atoms with Crippen LogP contribution in [0.25, 0.3) is 0 Å². The van der Waals surface area contributed by atoms with Gasteiger partial charge in [0.15, 0.2) is 17.9 Å². The van der Waals surface area contributed by atoms with E-state index in [1.54, 1.807) is 0 Å². The molecular formula is C15H22O6. The van der Waals surface area contributed by atoms with Crippen LogP contribution in [0.2, 0.25) is 0 Å². The average molecular weight is 298 g/mol. The van der Waals surface area contributed by atoms with E-state index in [9.17, 15) is 0 Å². The first kappa shape index (κ1) is 15.2. The third-order valence-corrected chi connectivity index (χ3v) is 3.78. The van der Waals surface area contributed by atoms with Gasteiger partial charge in [0.05, 0.1) is 6.61 Å². The molecular weight excluding hydrogens is 276 g/mol. The van der Waals surface area contributed by atoms with E-state index in [4.69, 9.17) is 34.8 Å². The smallest absolute Gasteiger partial charge is 0.190 e. The third kappa shape index (κ3) is 2.95. The van der Waals surface area contributed by atoms with Crippen LogP contribution in [-0.2, 0) is 28.4 Å². The number of rotatable bonds is 3. The molecule has 5 atom stereocenters. The van der Waals surface area contributed by atoms with E-state index in [0.717, 1.165) is 0 Å². The Morgan fingerprint density at radius 3 is 2.48 bits per heavy atom. The molecule has 0 aromatic heterocycles.